The van der Waals surface area contributed by atoms with Gasteiger partial charge in [-0.25, -0.2) is 4.57 Å². The molecule has 0 fully saturated rings. The van der Waals surface area contributed by atoms with Gasteiger partial charge >= 0.3 is 19.8 Å². The molecule has 0 aliphatic carbocycles. The van der Waals surface area contributed by atoms with Crippen LogP contribution in [0.25, 0.3) is 0 Å². The Morgan fingerprint density at radius 1 is 0.727 bits per heavy atom. The molecule has 3 unspecified atom stereocenters. The third-order valence-corrected chi connectivity index (χ3v) is 7.92. The van der Waals surface area contributed by atoms with E-state index < -0.39 is 45.1 Å². The predicted molar refractivity (Wildman–Crippen MR) is 175 cm³/mol. The third-order valence-electron chi connectivity index (χ3n) is 6.96. The molecule has 258 valence electrons. The van der Waals surface area contributed by atoms with Crippen LogP contribution in [0.3, 0.4) is 0 Å². The predicted octanol–water partition coefficient (Wildman–Crippen LogP) is 8.02. The lowest BCUT2D eigenvalue weighted by molar-refractivity contribution is -0.154. The number of nitrogens with two attached hydrogens (primary N) is 1. The monoisotopic (exact) mass is 647 g/mol. The lowest BCUT2D eigenvalue weighted by Gasteiger charge is -2.20. The van der Waals surface area contributed by atoms with E-state index in [1.54, 1.807) is 0 Å². The number of unbranched alkanes of at least 4 members (excludes halogenated alkanes) is 14. The van der Waals surface area contributed by atoms with Crippen molar-refractivity contribution < 1.29 is 42.7 Å². The normalized spacial score (nSPS) is 14.6. The number of carboxylic acids is 1. The second-order valence-electron chi connectivity index (χ2n) is 11.3. The molecule has 0 bridgehead atoms. The molecule has 0 aromatic heterocycles. The standard InChI is InChI=1S/C33H62NO9P/c1-3-5-7-9-11-13-14-15-16-17-19-21-23-25-32(35)43-30(28-41-44(38,39)42-29-31(34)33(36)37)27-40-26-24-22-20-18-12-10-8-6-4-2/h7,9,13-14,30-31H,3-6,8,10-12,15-29,34H2,1-2H3,(H,36,37)(H,38,39)/b9-7-,14-13-. The van der Waals surface area contributed by atoms with Gasteiger partial charge < -0.3 is 25.2 Å². The molecule has 0 spiro atoms. The third kappa shape index (κ3) is 29.2. The number of carbonyl (C=O) groups excluding carboxylic acids is 1. The van der Waals surface area contributed by atoms with Crippen LogP contribution in [0.15, 0.2) is 24.3 Å². The summed E-state index contributed by atoms with van der Waals surface area (Å²) in [4.78, 5) is 33.2. The molecule has 10 nitrogen and oxygen atoms in total. The number of esters is 1. The average molecular weight is 648 g/mol. The Morgan fingerprint density at radius 2 is 1.30 bits per heavy atom. The smallest absolute Gasteiger partial charge is 0.472 e. The van der Waals surface area contributed by atoms with Crippen LogP contribution in [0.5, 0.6) is 0 Å². The molecule has 0 radical (unpaired) electrons. The summed E-state index contributed by atoms with van der Waals surface area (Å²) in [6.45, 7) is 3.75. The van der Waals surface area contributed by atoms with Crippen LogP contribution in [-0.4, -0.2) is 60.5 Å². The summed E-state index contributed by atoms with van der Waals surface area (Å²) in [6.07, 6.45) is 28.1. The molecule has 11 heteroatoms. The summed E-state index contributed by atoms with van der Waals surface area (Å²) < 4.78 is 33.0. The zero-order valence-electron chi connectivity index (χ0n) is 27.5. The van der Waals surface area contributed by atoms with Gasteiger partial charge in [0.05, 0.1) is 19.8 Å². The minimum Gasteiger partial charge on any atom is -0.480 e. The number of hydrogen-bond donors (Lipinski definition) is 3. The van der Waals surface area contributed by atoms with Crippen LogP contribution in [-0.2, 0) is 32.7 Å². The minimum atomic E-state index is -4.60. The van der Waals surface area contributed by atoms with Crippen molar-refractivity contribution in [1.82, 2.24) is 0 Å². The number of rotatable bonds is 32. The fraction of sp³-hybridized carbons (Fsp3) is 0.818. The van der Waals surface area contributed by atoms with Crippen LogP contribution in [0.4, 0.5) is 0 Å². The maximum absolute atomic E-state index is 12.5. The van der Waals surface area contributed by atoms with E-state index in [1.165, 1.54) is 44.9 Å². The van der Waals surface area contributed by atoms with E-state index in [0.29, 0.717) is 13.0 Å². The fourth-order valence-electron chi connectivity index (χ4n) is 4.29. The summed E-state index contributed by atoms with van der Waals surface area (Å²) in [5.74, 6) is -1.80. The van der Waals surface area contributed by atoms with Crippen molar-refractivity contribution in [3.63, 3.8) is 0 Å². The van der Waals surface area contributed by atoms with Gasteiger partial charge in [-0.1, -0.05) is 115 Å². The average Bonchev–Trinajstić information content (AvgIpc) is 2.99. The van der Waals surface area contributed by atoms with Gasteiger partial charge in [0.2, 0.25) is 0 Å². The molecule has 44 heavy (non-hydrogen) atoms. The molecule has 0 saturated heterocycles. The molecule has 0 aliphatic rings. The SMILES string of the molecule is CCC/C=C\C/C=C\CCCCCCCC(=O)OC(COCCCCCCCCCCC)COP(=O)(O)OCC(N)C(=O)O. The molecule has 0 saturated carbocycles. The lowest BCUT2D eigenvalue weighted by Crippen LogP contribution is -2.34. The van der Waals surface area contributed by atoms with Crippen LogP contribution < -0.4 is 5.73 Å². The fourth-order valence-corrected chi connectivity index (χ4v) is 5.06. The minimum absolute atomic E-state index is 0.0132. The van der Waals surface area contributed by atoms with E-state index in [-0.39, 0.29) is 13.0 Å². The lowest BCUT2D eigenvalue weighted by atomic mass is 10.1. The van der Waals surface area contributed by atoms with Crippen molar-refractivity contribution in [2.45, 2.75) is 148 Å². The Hall–Kier alpha value is -1.55. The Bertz CT molecular complexity index is 806. The highest BCUT2D eigenvalue weighted by Crippen LogP contribution is 2.43. The van der Waals surface area contributed by atoms with Crippen molar-refractivity contribution in [1.29, 1.82) is 0 Å². The zero-order valence-corrected chi connectivity index (χ0v) is 28.4. The highest BCUT2D eigenvalue weighted by atomic mass is 31.2. The second kappa shape index (κ2) is 30.1. The van der Waals surface area contributed by atoms with Crippen molar-refractivity contribution in [3.8, 4) is 0 Å². The van der Waals surface area contributed by atoms with Gasteiger partial charge in [0.25, 0.3) is 0 Å². The molecular weight excluding hydrogens is 585 g/mol. The number of phosphoric acid groups is 1. The van der Waals surface area contributed by atoms with E-state index in [2.05, 4.69) is 42.7 Å². The van der Waals surface area contributed by atoms with Crippen LogP contribution in [0.2, 0.25) is 0 Å². The first-order valence-corrected chi connectivity index (χ1v) is 18.4. The molecule has 4 N–H and O–H groups in total. The van der Waals surface area contributed by atoms with Crippen molar-refractivity contribution in [2.75, 3.05) is 26.4 Å². The topological polar surface area (TPSA) is 155 Å². The summed E-state index contributed by atoms with van der Waals surface area (Å²) in [5.41, 5.74) is 5.31. The number of carboxylic acid groups (broad SMARTS) is 1. The maximum atomic E-state index is 12.5. The Morgan fingerprint density at radius 3 is 1.93 bits per heavy atom. The number of ether oxygens (including phenoxy) is 2. The van der Waals surface area contributed by atoms with E-state index in [4.69, 9.17) is 24.8 Å². The zero-order chi connectivity index (χ0) is 32.7. The first-order valence-electron chi connectivity index (χ1n) is 16.9. The van der Waals surface area contributed by atoms with Crippen molar-refractivity contribution in [3.05, 3.63) is 24.3 Å². The molecule has 3 atom stereocenters. The Kier molecular flexibility index (Phi) is 29.1. The largest absolute Gasteiger partial charge is 0.480 e. The van der Waals surface area contributed by atoms with Gasteiger partial charge in [0.15, 0.2) is 0 Å². The number of aliphatic carboxylic acids is 1. The van der Waals surface area contributed by atoms with Crippen LogP contribution in [0.1, 0.15) is 136 Å². The van der Waals surface area contributed by atoms with Gasteiger partial charge in [-0.3, -0.25) is 18.6 Å². The van der Waals surface area contributed by atoms with Crippen molar-refractivity contribution in [2.24, 2.45) is 5.73 Å². The molecular formula is C33H62NO9P. The van der Waals surface area contributed by atoms with E-state index >= 15 is 0 Å². The van der Waals surface area contributed by atoms with E-state index in [1.807, 2.05) is 0 Å². The molecule has 0 aromatic rings. The molecule has 0 aliphatic heterocycles. The van der Waals surface area contributed by atoms with Gasteiger partial charge in [0, 0.05) is 13.0 Å². The van der Waals surface area contributed by atoms with Crippen LogP contribution >= 0.6 is 7.82 Å². The van der Waals surface area contributed by atoms with E-state index in [0.717, 1.165) is 64.2 Å². The van der Waals surface area contributed by atoms with Crippen molar-refractivity contribution >= 4 is 19.8 Å². The number of hydrogen-bond acceptors (Lipinski definition) is 8. The highest BCUT2D eigenvalue weighted by Gasteiger charge is 2.27. The van der Waals surface area contributed by atoms with Gasteiger partial charge in [-0.2, -0.15) is 0 Å². The highest BCUT2D eigenvalue weighted by molar-refractivity contribution is 7.47. The van der Waals surface area contributed by atoms with Gasteiger partial charge in [-0.15, -0.1) is 0 Å². The molecule has 0 rings (SSSR count). The molecule has 0 amide bonds. The summed E-state index contributed by atoms with van der Waals surface area (Å²) in [6, 6.07) is -1.47. The number of carbonyl (C=O) groups is 2. The molecule has 0 heterocycles. The Labute approximate surface area is 266 Å². The Balaban J connectivity index is 4.38. The van der Waals surface area contributed by atoms with Gasteiger partial charge in [0.1, 0.15) is 12.1 Å². The van der Waals surface area contributed by atoms with Gasteiger partial charge in [-0.05, 0) is 38.5 Å². The molecule has 0 aromatic carbocycles. The first-order chi connectivity index (χ1) is 21.2. The maximum Gasteiger partial charge on any atom is 0.472 e. The summed E-state index contributed by atoms with van der Waals surface area (Å²) in [5, 5.41) is 8.83. The van der Waals surface area contributed by atoms with Crippen LogP contribution in [0, 0.1) is 0 Å². The van der Waals surface area contributed by atoms with E-state index in [9.17, 15) is 19.0 Å². The number of phosphoric ester groups is 1. The number of allylic oxidation sites excluding steroid dienone is 4. The summed E-state index contributed by atoms with van der Waals surface area (Å²) >= 11 is 0. The first kappa shape index (κ1) is 42.5. The quantitative estimate of drug-likeness (QED) is 0.0283. The second-order valence-corrected chi connectivity index (χ2v) is 12.7. The summed E-state index contributed by atoms with van der Waals surface area (Å²) in [7, 11) is -4.60.